The number of nitrogens with zero attached hydrogens (tertiary/aromatic N) is 2. The first-order valence-electron chi connectivity index (χ1n) is 9.78. The van der Waals surface area contributed by atoms with E-state index in [4.69, 9.17) is 10.2 Å². The van der Waals surface area contributed by atoms with Gasteiger partial charge in [-0.25, -0.2) is 4.79 Å². The zero-order valence-electron chi connectivity index (χ0n) is 17.4. The number of aliphatic hydroxyl groups excluding tert-OH is 1. The molecule has 0 fully saturated rings. The van der Waals surface area contributed by atoms with E-state index in [-0.39, 0.29) is 17.7 Å². The van der Waals surface area contributed by atoms with Crippen molar-refractivity contribution in [2.45, 2.75) is 11.8 Å². The van der Waals surface area contributed by atoms with Gasteiger partial charge >= 0.3 is 17.9 Å². The molecule has 0 unspecified atom stereocenters. The Morgan fingerprint density at radius 3 is 1.48 bits per heavy atom. The summed E-state index contributed by atoms with van der Waals surface area (Å²) in [5, 5.41) is 47.9. The molecule has 0 aliphatic rings. The fourth-order valence-corrected chi connectivity index (χ4v) is 3.62. The second-order valence-electron chi connectivity index (χ2n) is 7.11. The number of hydrogen-bond acceptors (Lipinski definition) is 7. The number of benzene rings is 2. The van der Waals surface area contributed by atoms with Crippen molar-refractivity contribution in [1.82, 2.24) is 9.80 Å². The van der Waals surface area contributed by atoms with Crippen LogP contribution in [-0.4, -0.2) is 91.6 Å². The van der Waals surface area contributed by atoms with Crippen molar-refractivity contribution >= 4 is 23.8 Å². The van der Waals surface area contributed by atoms with Crippen molar-refractivity contribution in [1.29, 1.82) is 0 Å². The molecule has 0 saturated carbocycles. The Bertz CT molecular complexity index is 924. The summed E-state index contributed by atoms with van der Waals surface area (Å²) in [6.45, 7) is -2.27. The first-order valence-corrected chi connectivity index (χ1v) is 9.78. The van der Waals surface area contributed by atoms with Crippen LogP contribution in [0.4, 0.5) is 0 Å². The number of carbonyl (C=O) groups excluding carboxylic acids is 1. The van der Waals surface area contributed by atoms with E-state index in [0.29, 0.717) is 4.90 Å². The van der Waals surface area contributed by atoms with E-state index in [1.165, 1.54) is 24.3 Å². The van der Waals surface area contributed by atoms with E-state index in [9.17, 15) is 34.5 Å². The number of carboxylic acids is 3. The lowest BCUT2D eigenvalue weighted by atomic mass is 9.80. The highest BCUT2D eigenvalue weighted by atomic mass is 16.5. The van der Waals surface area contributed by atoms with Crippen LogP contribution in [0.5, 0.6) is 0 Å². The predicted molar refractivity (Wildman–Crippen MR) is 113 cm³/mol. The summed E-state index contributed by atoms with van der Waals surface area (Å²) < 4.78 is 0. The molecular weight excluding hydrogens is 436 g/mol. The van der Waals surface area contributed by atoms with Crippen molar-refractivity contribution in [2.24, 2.45) is 0 Å². The molecule has 11 nitrogen and oxygen atoms in total. The molecule has 0 saturated heterocycles. The molecule has 2 rings (SSSR count). The molecule has 5 N–H and O–H groups in total. The van der Waals surface area contributed by atoms with Crippen LogP contribution in [0.15, 0.2) is 60.7 Å². The Labute approximate surface area is 188 Å². The Morgan fingerprint density at radius 2 is 1.15 bits per heavy atom. The Hall–Kier alpha value is -3.80. The molecule has 0 radical (unpaired) electrons. The zero-order chi connectivity index (χ0) is 24.6. The van der Waals surface area contributed by atoms with Gasteiger partial charge in [-0.05, 0) is 11.1 Å². The van der Waals surface area contributed by atoms with Crippen molar-refractivity contribution < 1.29 is 44.7 Å². The van der Waals surface area contributed by atoms with E-state index < -0.39 is 55.3 Å². The first-order chi connectivity index (χ1) is 15.6. The fraction of sp³-hybridized carbons (Fsp3) is 0.273. The molecule has 0 bridgehead atoms. The maximum absolute atomic E-state index is 12.9. The van der Waals surface area contributed by atoms with Gasteiger partial charge in [-0.3, -0.25) is 19.3 Å². The molecular formula is C22H24N2O9. The Morgan fingerprint density at radius 1 is 0.727 bits per heavy atom. The topological polar surface area (TPSA) is 176 Å². The summed E-state index contributed by atoms with van der Waals surface area (Å²) in [5.74, 6) is -5.51. The molecule has 0 heterocycles. The van der Waals surface area contributed by atoms with Crippen molar-refractivity contribution in [2.75, 3.05) is 26.2 Å². The number of aliphatic carboxylic acids is 3. The van der Waals surface area contributed by atoms with E-state index >= 15 is 0 Å². The standard InChI is InChI=1S/C22H24N2O9/c25-17(26)13-23(14-18(27)28)11-12-24(19(29)20(30)31)22(21(32)33,15-7-3-1-4-8-15)16-9-5-2-6-10-16/h1-10,20,30-31H,11-14H2,(H,25,26)(H,27,28)(H,32,33). The van der Waals surface area contributed by atoms with Crippen molar-refractivity contribution in [3.8, 4) is 0 Å². The Balaban J connectivity index is 2.67. The molecule has 176 valence electrons. The third-order valence-corrected chi connectivity index (χ3v) is 4.94. The summed E-state index contributed by atoms with van der Waals surface area (Å²) in [4.78, 5) is 49.7. The summed E-state index contributed by atoms with van der Waals surface area (Å²) in [6, 6.07) is 15.3. The van der Waals surface area contributed by atoms with E-state index in [1.54, 1.807) is 36.4 Å². The van der Waals surface area contributed by atoms with Crippen LogP contribution < -0.4 is 0 Å². The Kier molecular flexibility index (Phi) is 8.63. The summed E-state index contributed by atoms with van der Waals surface area (Å²) in [7, 11) is 0. The van der Waals surface area contributed by atoms with Gasteiger partial charge in [0.25, 0.3) is 5.91 Å². The maximum Gasteiger partial charge on any atom is 0.339 e. The quantitative estimate of drug-likeness (QED) is 0.263. The molecule has 0 aliphatic carbocycles. The highest BCUT2D eigenvalue weighted by Crippen LogP contribution is 2.37. The minimum atomic E-state index is -2.57. The van der Waals surface area contributed by atoms with Gasteiger partial charge in [0.15, 0.2) is 5.54 Å². The number of amides is 1. The smallest absolute Gasteiger partial charge is 0.339 e. The van der Waals surface area contributed by atoms with Gasteiger partial charge in [0.1, 0.15) is 0 Å². The van der Waals surface area contributed by atoms with Crippen LogP contribution in [-0.2, 0) is 24.7 Å². The second kappa shape index (κ2) is 11.2. The highest BCUT2D eigenvalue weighted by Gasteiger charge is 2.51. The van der Waals surface area contributed by atoms with E-state index in [0.717, 1.165) is 4.90 Å². The maximum atomic E-state index is 12.9. The normalized spacial score (nSPS) is 11.4. The number of carboxylic acid groups (broad SMARTS) is 3. The van der Waals surface area contributed by atoms with Gasteiger partial charge in [-0.15, -0.1) is 0 Å². The molecule has 0 atom stereocenters. The summed E-state index contributed by atoms with van der Waals surface area (Å²) >= 11 is 0. The van der Waals surface area contributed by atoms with Crippen LogP contribution in [0.2, 0.25) is 0 Å². The monoisotopic (exact) mass is 460 g/mol. The number of carbonyl (C=O) groups is 4. The highest BCUT2D eigenvalue weighted by molar-refractivity contribution is 5.92. The van der Waals surface area contributed by atoms with E-state index in [2.05, 4.69) is 0 Å². The van der Waals surface area contributed by atoms with Gasteiger partial charge in [0.05, 0.1) is 13.1 Å². The number of rotatable bonds is 12. The largest absolute Gasteiger partial charge is 0.480 e. The molecule has 2 aromatic rings. The first kappa shape index (κ1) is 25.5. The molecule has 0 spiro atoms. The molecule has 33 heavy (non-hydrogen) atoms. The van der Waals surface area contributed by atoms with Gasteiger partial charge in [0.2, 0.25) is 6.29 Å². The molecule has 0 aliphatic heterocycles. The van der Waals surface area contributed by atoms with Crippen LogP contribution in [0.1, 0.15) is 11.1 Å². The van der Waals surface area contributed by atoms with Crippen molar-refractivity contribution in [3.63, 3.8) is 0 Å². The lowest BCUT2D eigenvalue weighted by molar-refractivity contribution is -0.173. The lowest BCUT2D eigenvalue weighted by Crippen LogP contribution is -2.59. The van der Waals surface area contributed by atoms with Crippen LogP contribution in [0, 0.1) is 0 Å². The van der Waals surface area contributed by atoms with Gasteiger partial charge in [-0.2, -0.15) is 0 Å². The van der Waals surface area contributed by atoms with Crippen LogP contribution in [0.3, 0.4) is 0 Å². The minimum absolute atomic E-state index is 0.126. The average molecular weight is 460 g/mol. The molecule has 0 aromatic heterocycles. The summed E-state index contributed by atoms with van der Waals surface area (Å²) in [5.41, 5.74) is -1.97. The fourth-order valence-electron chi connectivity index (χ4n) is 3.62. The number of aliphatic hydroxyl groups is 2. The van der Waals surface area contributed by atoms with Gasteiger partial charge < -0.3 is 30.4 Å². The minimum Gasteiger partial charge on any atom is -0.480 e. The third kappa shape index (κ3) is 5.92. The summed E-state index contributed by atoms with van der Waals surface area (Å²) in [6.07, 6.45) is -2.57. The average Bonchev–Trinajstić information content (AvgIpc) is 2.76. The van der Waals surface area contributed by atoms with Crippen LogP contribution >= 0.6 is 0 Å². The van der Waals surface area contributed by atoms with Crippen molar-refractivity contribution in [3.05, 3.63) is 71.8 Å². The number of hydrogen-bond donors (Lipinski definition) is 5. The lowest BCUT2D eigenvalue weighted by Gasteiger charge is -2.42. The van der Waals surface area contributed by atoms with Gasteiger partial charge in [0, 0.05) is 13.1 Å². The third-order valence-electron chi connectivity index (χ3n) is 4.94. The van der Waals surface area contributed by atoms with Gasteiger partial charge in [-0.1, -0.05) is 60.7 Å². The molecule has 11 heteroatoms. The second-order valence-corrected chi connectivity index (χ2v) is 7.11. The molecule has 1 amide bonds. The van der Waals surface area contributed by atoms with E-state index in [1.807, 2.05) is 0 Å². The zero-order valence-corrected chi connectivity index (χ0v) is 17.4. The SMILES string of the molecule is O=C(O)CN(CCN(C(=O)C(O)O)C(C(=O)O)(c1ccccc1)c1ccccc1)CC(=O)O. The van der Waals surface area contributed by atoms with Crippen LogP contribution in [0.25, 0.3) is 0 Å². The predicted octanol–water partition coefficient (Wildman–Crippen LogP) is -0.375. The molecule has 2 aromatic carbocycles.